The van der Waals surface area contributed by atoms with Crippen molar-refractivity contribution in [2.24, 2.45) is 0 Å². The van der Waals surface area contributed by atoms with Gasteiger partial charge in [-0.1, -0.05) is 157 Å². The number of para-hydroxylation sites is 1. The summed E-state index contributed by atoms with van der Waals surface area (Å²) in [4.78, 5) is 14.6. The van der Waals surface area contributed by atoms with Gasteiger partial charge in [-0.2, -0.15) is 0 Å². The molecule has 0 spiro atoms. The number of rotatable bonds is 6. The largest absolute Gasteiger partial charge is 0.455 e. The van der Waals surface area contributed by atoms with E-state index in [2.05, 4.69) is 0 Å². The predicted octanol–water partition coefficient (Wildman–Crippen LogP) is 13.2. The number of nitrogens with zero attached hydrogens (tertiary/aromatic N) is 4. The van der Waals surface area contributed by atoms with Crippen molar-refractivity contribution in [1.29, 1.82) is 0 Å². The average Bonchev–Trinajstić information content (AvgIpc) is 3.89. The van der Waals surface area contributed by atoms with Gasteiger partial charge in [-0.15, -0.1) is 0 Å². The molecule has 0 saturated heterocycles. The van der Waals surface area contributed by atoms with Gasteiger partial charge in [0.2, 0.25) is 0 Å². The Morgan fingerprint density at radius 1 is 0.411 bits per heavy atom. The Morgan fingerprint density at radius 2 is 0.982 bits per heavy atom. The van der Waals surface area contributed by atoms with Crippen molar-refractivity contribution < 1.29 is 18.1 Å². The maximum atomic E-state index is 9.11. The van der Waals surface area contributed by atoms with Gasteiger partial charge >= 0.3 is 0 Å². The van der Waals surface area contributed by atoms with E-state index in [0.29, 0.717) is 56.2 Å². The minimum atomic E-state index is -0.528. The third-order valence-electron chi connectivity index (χ3n) is 10.0. The molecule has 0 unspecified atom stereocenters. The zero-order valence-electron chi connectivity index (χ0n) is 39.4. The summed E-state index contributed by atoms with van der Waals surface area (Å²) in [5.74, 6) is 1.37. The molecule has 11 aromatic rings. The van der Waals surface area contributed by atoms with Crippen molar-refractivity contribution in [2.45, 2.75) is 0 Å². The lowest BCUT2D eigenvalue weighted by molar-refractivity contribution is 0.670. The van der Waals surface area contributed by atoms with Crippen LogP contribution in [0.4, 0.5) is 0 Å². The smallest absolute Gasteiger partial charge is 0.164 e. The molecule has 11 rings (SSSR count). The van der Waals surface area contributed by atoms with E-state index >= 15 is 0 Å². The van der Waals surface area contributed by atoms with Crippen LogP contribution in [0.3, 0.4) is 0 Å². The molecule has 0 fully saturated rings. The number of hydrogen-bond donors (Lipinski definition) is 0. The van der Waals surface area contributed by atoms with Crippen molar-refractivity contribution in [3.05, 3.63) is 194 Å². The zero-order chi connectivity index (χ0) is 45.7. The minimum absolute atomic E-state index is 0.0508. The molecule has 0 aliphatic carbocycles. The van der Waals surface area contributed by atoms with Gasteiger partial charge in [0.1, 0.15) is 11.2 Å². The molecule has 3 heterocycles. The second-order valence-corrected chi connectivity index (χ2v) is 13.3. The summed E-state index contributed by atoms with van der Waals surface area (Å²) in [5, 5.41) is 2.95. The highest BCUT2D eigenvalue weighted by atomic mass is 16.3. The molecular weight excluding hydrogens is 685 g/mol. The van der Waals surface area contributed by atoms with Crippen LogP contribution in [0.25, 0.3) is 106 Å². The van der Waals surface area contributed by atoms with E-state index in [1.54, 1.807) is 18.2 Å². The Hall–Kier alpha value is -7.63. The van der Waals surface area contributed by atoms with Gasteiger partial charge in [-0.3, -0.25) is 0 Å². The summed E-state index contributed by atoms with van der Waals surface area (Å²) in [5.41, 5.74) is 5.59. The molecule has 5 heteroatoms. The van der Waals surface area contributed by atoms with Crippen LogP contribution in [0, 0.1) is 0 Å². The number of benzene rings is 8. The molecule has 5 nitrogen and oxygen atoms in total. The summed E-state index contributed by atoms with van der Waals surface area (Å²) in [6, 6.07) is 37.3. The molecule has 0 N–H and O–H groups in total. The van der Waals surface area contributed by atoms with Crippen molar-refractivity contribution in [1.82, 2.24) is 19.5 Å². The van der Waals surface area contributed by atoms with Gasteiger partial charge in [0.05, 0.1) is 24.7 Å². The summed E-state index contributed by atoms with van der Waals surface area (Å²) < 4.78 is 95.0. The van der Waals surface area contributed by atoms with Crippen LogP contribution in [0.1, 0.15) is 13.7 Å². The molecular formula is C51H32N4O. The summed E-state index contributed by atoms with van der Waals surface area (Å²) in [6.07, 6.45) is 0. The van der Waals surface area contributed by atoms with E-state index < -0.39 is 48.3 Å². The van der Waals surface area contributed by atoms with Crippen LogP contribution in [0.2, 0.25) is 0 Å². The first-order valence-corrected chi connectivity index (χ1v) is 18.0. The third kappa shape index (κ3) is 5.37. The maximum absolute atomic E-state index is 9.11. The molecule has 0 atom stereocenters. The Labute approximate surface area is 336 Å². The highest BCUT2D eigenvalue weighted by Crippen LogP contribution is 2.42. The number of hydrogen-bond acceptors (Lipinski definition) is 4. The van der Waals surface area contributed by atoms with E-state index in [1.165, 1.54) is 0 Å². The molecule has 0 saturated carbocycles. The van der Waals surface area contributed by atoms with Crippen LogP contribution in [-0.2, 0) is 0 Å². The molecule has 262 valence electrons. The highest BCUT2D eigenvalue weighted by molar-refractivity contribution is 6.13. The Bertz CT molecular complexity index is 3720. The number of furan rings is 1. The summed E-state index contributed by atoms with van der Waals surface area (Å²) >= 11 is 0. The lowest BCUT2D eigenvalue weighted by atomic mass is 10.0. The third-order valence-corrected chi connectivity index (χ3v) is 10.0. The van der Waals surface area contributed by atoms with Crippen molar-refractivity contribution in [2.75, 3.05) is 0 Å². The molecule has 0 aliphatic heterocycles. The van der Waals surface area contributed by atoms with E-state index in [9.17, 15) is 0 Å². The van der Waals surface area contributed by atoms with Crippen LogP contribution < -0.4 is 0 Å². The molecule has 0 amide bonds. The summed E-state index contributed by atoms with van der Waals surface area (Å²) in [7, 11) is 0. The summed E-state index contributed by atoms with van der Waals surface area (Å²) in [6.45, 7) is 0. The van der Waals surface area contributed by atoms with Crippen LogP contribution in [0.5, 0.6) is 0 Å². The van der Waals surface area contributed by atoms with Crippen molar-refractivity contribution in [3.63, 3.8) is 0 Å². The topological polar surface area (TPSA) is 56.7 Å². The molecule has 56 heavy (non-hydrogen) atoms. The van der Waals surface area contributed by atoms with Crippen molar-refractivity contribution >= 4 is 43.7 Å². The number of fused-ring (bicyclic) bond motifs is 6. The van der Waals surface area contributed by atoms with Gasteiger partial charge in [-0.05, 0) is 53.1 Å². The van der Waals surface area contributed by atoms with Gasteiger partial charge in [-0.25, -0.2) is 15.0 Å². The quantitative estimate of drug-likeness (QED) is 0.171. The first kappa shape index (κ1) is 23.2. The lowest BCUT2D eigenvalue weighted by Gasteiger charge is -2.12. The molecule has 0 bridgehead atoms. The van der Waals surface area contributed by atoms with Gasteiger partial charge in [0.15, 0.2) is 17.5 Å². The van der Waals surface area contributed by atoms with Gasteiger partial charge in [0.25, 0.3) is 0 Å². The fourth-order valence-corrected chi connectivity index (χ4v) is 7.44. The normalized spacial score (nSPS) is 14.1. The standard InChI is InChI=1S/C51H32N4O/c1-5-15-33(16-6-1)37-25-27-41-40-23-13-14-24-45(40)55(46(41)29-37)39-31-43(34-17-7-2-8-18-34)48-44(32-39)42-28-26-38(30-47(42)56-48)51-53-49(35-19-9-3-10-20-35)52-50(54-51)36-21-11-4-12-22-36/h1-32H/i1D,2D,5D,6D,7D,8D,15D,16D,17D,18D. The highest BCUT2D eigenvalue weighted by Gasteiger charge is 2.20. The monoisotopic (exact) mass is 726 g/mol. The zero-order valence-corrected chi connectivity index (χ0v) is 29.4. The molecule has 0 aliphatic rings. The SMILES string of the molecule is [2H]c1c([2H])c([2H])c(-c2ccc3c4ccccc4n(-c4cc(-c5c([2H])c([2H])c([2H])c([2H])c5[2H])c5oc6cc(-c7nc(-c8ccccc8)nc(-c8ccccc8)n7)ccc6c5c4)c3c2)c([2H])c1[2H]. The molecule has 8 aromatic carbocycles. The van der Waals surface area contributed by atoms with Gasteiger partial charge < -0.3 is 8.98 Å². The lowest BCUT2D eigenvalue weighted by Crippen LogP contribution is -2.00. The predicted molar refractivity (Wildman–Crippen MR) is 229 cm³/mol. The van der Waals surface area contributed by atoms with E-state index in [1.807, 2.05) is 120 Å². The first-order chi connectivity index (χ1) is 31.9. The fraction of sp³-hybridized carbons (Fsp3) is 0. The van der Waals surface area contributed by atoms with E-state index in [-0.39, 0.29) is 34.4 Å². The minimum Gasteiger partial charge on any atom is -0.455 e. The molecule has 0 radical (unpaired) electrons. The fourth-order valence-electron chi connectivity index (χ4n) is 7.44. The van der Waals surface area contributed by atoms with E-state index in [0.717, 1.165) is 27.4 Å². The first-order valence-electron chi connectivity index (χ1n) is 23.0. The maximum Gasteiger partial charge on any atom is 0.164 e. The second-order valence-electron chi connectivity index (χ2n) is 13.3. The van der Waals surface area contributed by atoms with Crippen LogP contribution in [0.15, 0.2) is 198 Å². The van der Waals surface area contributed by atoms with E-state index in [4.69, 9.17) is 33.1 Å². The average molecular weight is 727 g/mol. The Kier molecular flexibility index (Phi) is 5.41. The Morgan fingerprint density at radius 3 is 1.68 bits per heavy atom. The second kappa shape index (κ2) is 13.0. The number of aromatic nitrogens is 4. The van der Waals surface area contributed by atoms with Gasteiger partial charge in [0, 0.05) is 49.5 Å². The van der Waals surface area contributed by atoms with Crippen LogP contribution in [-0.4, -0.2) is 19.5 Å². The van der Waals surface area contributed by atoms with Crippen molar-refractivity contribution in [3.8, 4) is 62.1 Å². The Balaban J connectivity index is 1.19. The molecule has 3 aromatic heterocycles. The van der Waals surface area contributed by atoms with Crippen LogP contribution >= 0.6 is 0 Å².